The molecule has 116 valence electrons. The Morgan fingerprint density at radius 1 is 1.45 bits per heavy atom. The van der Waals surface area contributed by atoms with Crippen LogP contribution in [0.4, 0.5) is 0 Å². The first-order valence-electron chi connectivity index (χ1n) is 7.33. The van der Waals surface area contributed by atoms with Gasteiger partial charge in [-0.3, -0.25) is 0 Å². The third-order valence-electron chi connectivity index (χ3n) is 5.43. The van der Waals surface area contributed by atoms with Crippen molar-refractivity contribution in [1.29, 1.82) is 0 Å². The molecule has 2 saturated carbocycles. The first kappa shape index (κ1) is 15.8. The monoisotopic (exact) mass is 302 g/mol. The van der Waals surface area contributed by atoms with Crippen molar-refractivity contribution in [2.24, 2.45) is 27.8 Å². The molecule has 0 spiro atoms. The summed E-state index contributed by atoms with van der Waals surface area (Å²) < 4.78 is 27.4. The van der Waals surface area contributed by atoms with Gasteiger partial charge in [-0.2, -0.15) is 0 Å². The molecule has 2 N–H and O–H groups in total. The Morgan fingerprint density at radius 2 is 2.10 bits per heavy atom. The molecule has 0 heterocycles. The van der Waals surface area contributed by atoms with Gasteiger partial charge in [-0.25, -0.2) is 13.1 Å². The summed E-state index contributed by atoms with van der Waals surface area (Å²) in [5.41, 5.74) is 0.0461. The summed E-state index contributed by atoms with van der Waals surface area (Å²) in [5.74, 6) is 0.741. The van der Waals surface area contributed by atoms with E-state index < -0.39 is 15.4 Å². The molecule has 2 atom stereocenters. The minimum Gasteiger partial charge on any atom is -0.411 e. The van der Waals surface area contributed by atoms with E-state index >= 15 is 0 Å². The average molecular weight is 302 g/mol. The zero-order valence-corrected chi connectivity index (χ0v) is 13.6. The first-order valence-corrected chi connectivity index (χ1v) is 8.98. The van der Waals surface area contributed by atoms with Crippen LogP contribution in [0.5, 0.6) is 0 Å². The van der Waals surface area contributed by atoms with Crippen LogP contribution in [-0.2, 0) is 10.0 Å². The molecule has 0 radical (unpaired) electrons. The minimum absolute atomic E-state index is 0.0373. The van der Waals surface area contributed by atoms with E-state index in [0.29, 0.717) is 18.2 Å². The third-order valence-corrected chi connectivity index (χ3v) is 6.91. The lowest BCUT2D eigenvalue weighted by molar-refractivity contribution is 0.192. The second-order valence-corrected chi connectivity index (χ2v) is 9.10. The van der Waals surface area contributed by atoms with Gasteiger partial charge in [0.05, 0.1) is 11.5 Å². The predicted octanol–water partition coefficient (Wildman–Crippen LogP) is 2.22. The van der Waals surface area contributed by atoms with Crippen LogP contribution in [0.2, 0.25) is 0 Å². The van der Waals surface area contributed by atoms with Crippen molar-refractivity contribution < 1.29 is 13.6 Å². The highest BCUT2D eigenvalue weighted by atomic mass is 32.2. The van der Waals surface area contributed by atoms with E-state index in [1.807, 2.05) is 13.8 Å². The largest absolute Gasteiger partial charge is 0.411 e. The lowest BCUT2D eigenvalue weighted by Crippen LogP contribution is -2.45. The van der Waals surface area contributed by atoms with E-state index in [1.165, 1.54) is 0 Å². The number of sulfonamides is 1. The van der Waals surface area contributed by atoms with Crippen molar-refractivity contribution >= 4 is 15.7 Å². The second kappa shape index (κ2) is 4.98. The van der Waals surface area contributed by atoms with Gasteiger partial charge < -0.3 is 5.21 Å². The van der Waals surface area contributed by atoms with E-state index in [9.17, 15) is 13.6 Å². The van der Waals surface area contributed by atoms with Crippen LogP contribution in [-0.4, -0.2) is 31.6 Å². The summed E-state index contributed by atoms with van der Waals surface area (Å²) in [6.45, 7) is 8.63. The van der Waals surface area contributed by atoms with Crippen LogP contribution in [0.1, 0.15) is 47.0 Å². The van der Waals surface area contributed by atoms with Crippen molar-refractivity contribution in [3.8, 4) is 0 Å². The fourth-order valence-corrected chi connectivity index (χ4v) is 5.96. The van der Waals surface area contributed by atoms with Crippen LogP contribution in [0.3, 0.4) is 0 Å². The van der Waals surface area contributed by atoms with Crippen LogP contribution >= 0.6 is 0 Å². The normalized spacial score (nSPS) is 34.2. The SMILES string of the molecule is CC(C)CNS(=O)(=O)C[C@]12CC[C@H](C/C1=N\O)C2(C)C. The molecule has 0 aromatic rings. The molecule has 2 bridgehead atoms. The van der Waals surface area contributed by atoms with Gasteiger partial charge in [0.2, 0.25) is 10.0 Å². The summed E-state index contributed by atoms with van der Waals surface area (Å²) in [6.07, 6.45) is 2.54. The Kier molecular flexibility index (Phi) is 3.93. The molecular formula is C14H26N2O3S. The quantitative estimate of drug-likeness (QED) is 0.604. The van der Waals surface area contributed by atoms with Gasteiger partial charge in [-0.15, -0.1) is 0 Å². The Balaban J connectivity index is 2.26. The summed E-state index contributed by atoms with van der Waals surface area (Å²) in [4.78, 5) is 0. The van der Waals surface area contributed by atoms with Gasteiger partial charge in [-0.05, 0) is 36.5 Å². The van der Waals surface area contributed by atoms with Gasteiger partial charge in [0.25, 0.3) is 0 Å². The Morgan fingerprint density at radius 3 is 2.60 bits per heavy atom. The van der Waals surface area contributed by atoms with E-state index in [2.05, 4.69) is 23.7 Å². The highest BCUT2D eigenvalue weighted by Gasteiger charge is 2.64. The van der Waals surface area contributed by atoms with Gasteiger partial charge in [0.1, 0.15) is 0 Å². The summed E-state index contributed by atoms with van der Waals surface area (Å²) in [6, 6.07) is 0. The first-order chi connectivity index (χ1) is 9.14. The smallest absolute Gasteiger partial charge is 0.212 e. The maximum Gasteiger partial charge on any atom is 0.212 e. The van der Waals surface area contributed by atoms with Gasteiger partial charge in [0.15, 0.2) is 0 Å². The highest BCUT2D eigenvalue weighted by molar-refractivity contribution is 7.89. The van der Waals surface area contributed by atoms with E-state index in [0.717, 1.165) is 19.3 Å². The number of rotatable bonds is 5. The molecule has 20 heavy (non-hydrogen) atoms. The van der Waals surface area contributed by atoms with Gasteiger partial charge in [0, 0.05) is 12.0 Å². The molecule has 2 rings (SSSR count). The number of nitrogens with zero attached hydrogens (tertiary/aromatic N) is 1. The van der Waals surface area contributed by atoms with Crippen LogP contribution in [0, 0.1) is 22.7 Å². The van der Waals surface area contributed by atoms with Gasteiger partial charge in [-0.1, -0.05) is 32.9 Å². The molecule has 2 aliphatic rings. The topological polar surface area (TPSA) is 78.8 Å². The Hall–Kier alpha value is -0.620. The molecule has 0 unspecified atom stereocenters. The third kappa shape index (κ3) is 2.37. The van der Waals surface area contributed by atoms with Crippen molar-refractivity contribution in [3.05, 3.63) is 0 Å². The fourth-order valence-electron chi connectivity index (χ4n) is 3.94. The molecule has 0 amide bonds. The number of oxime groups is 1. The van der Waals surface area contributed by atoms with Gasteiger partial charge >= 0.3 is 0 Å². The van der Waals surface area contributed by atoms with E-state index in [1.54, 1.807) is 0 Å². The average Bonchev–Trinajstić information content (AvgIpc) is 2.69. The maximum atomic E-state index is 12.4. The molecule has 0 aliphatic heterocycles. The van der Waals surface area contributed by atoms with Crippen molar-refractivity contribution in [1.82, 2.24) is 4.72 Å². The summed E-state index contributed by atoms with van der Waals surface area (Å²) in [7, 11) is -3.36. The fraction of sp³-hybridized carbons (Fsp3) is 0.929. The second-order valence-electron chi connectivity index (χ2n) is 7.29. The van der Waals surface area contributed by atoms with Crippen molar-refractivity contribution in [2.75, 3.05) is 12.3 Å². The number of fused-ring (bicyclic) bond motifs is 2. The standard InChI is InChI=1S/C14H26N2O3S/c1-10(2)8-15-20(18,19)9-14-6-5-11(13(14,3)4)7-12(14)16-17/h10-11,15,17H,5-9H2,1-4H3/b16-12+/t11-,14-/m1/s1. The number of nitrogens with one attached hydrogen (secondary N) is 1. The minimum atomic E-state index is -3.36. The summed E-state index contributed by atoms with van der Waals surface area (Å²) in [5, 5.41) is 12.7. The summed E-state index contributed by atoms with van der Waals surface area (Å²) >= 11 is 0. The van der Waals surface area contributed by atoms with Crippen molar-refractivity contribution in [2.45, 2.75) is 47.0 Å². The zero-order chi connectivity index (χ0) is 15.2. The lowest BCUT2D eigenvalue weighted by atomic mass is 9.70. The molecule has 0 aromatic heterocycles. The number of hydrogen-bond donors (Lipinski definition) is 2. The zero-order valence-electron chi connectivity index (χ0n) is 12.8. The van der Waals surface area contributed by atoms with Crippen LogP contribution in [0.15, 0.2) is 5.16 Å². The predicted molar refractivity (Wildman–Crippen MR) is 79.4 cm³/mol. The lowest BCUT2D eigenvalue weighted by Gasteiger charge is -2.37. The molecule has 2 fully saturated rings. The molecule has 6 heteroatoms. The Bertz CT molecular complexity index is 511. The van der Waals surface area contributed by atoms with Crippen molar-refractivity contribution in [3.63, 3.8) is 0 Å². The molecule has 5 nitrogen and oxygen atoms in total. The van der Waals surface area contributed by atoms with Crippen LogP contribution < -0.4 is 4.72 Å². The highest BCUT2D eigenvalue weighted by Crippen LogP contribution is 2.64. The maximum absolute atomic E-state index is 12.4. The van der Waals surface area contributed by atoms with E-state index in [4.69, 9.17) is 0 Å². The molecule has 0 saturated heterocycles. The molecule has 0 aromatic carbocycles. The number of hydrogen-bond acceptors (Lipinski definition) is 4. The molecular weight excluding hydrogens is 276 g/mol. The molecule has 2 aliphatic carbocycles. The van der Waals surface area contributed by atoms with Crippen LogP contribution in [0.25, 0.3) is 0 Å². The van der Waals surface area contributed by atoms with E-state index in [-0.39, 0.29) is 17.1 Å². The Labute approximate surface area is 121 Å².